The van der Waals surface area contributed by atoms with Gasteiger partial charge in [-0.05, 0) is 0 Å². The number of Topliss-reactive ketones (excluding diaryl/α,β-unsaturated/α-hetero) is 2. The Balaban J connectivity index is 5.25. The number of carbonyl (C=O) groups is 5. The van der Waals surface area contributed by atoms with Crippen molar-refractivity contribution in [1.82, 2.24) is 5.32 Å². The summed E-state index contributed by atoms with van der Waals surface area (Å²) >= 11 is 0. The van der Waals surface area contributed by atoms with Crippen LogP contribution in [0.3, 0.4) is 0 Å². The highest BCUT2D eigenvalue weighted by molar-refractivity contribution is 6.12. The van der Waals surface area contributed by atoms with E-state index in [4.69, 9.17) is 5.73 Å². The number of primary amides is 1. The summed E-state index contributed by atoms with van der Waals surface area (Å²) in [6.07, 6.45) is -0.733. The Morgan fingerprint density at radius 1 is 1.06 bits per heavy atom. The second-order valence-corrected chi connectivity index (χ2v) is 3.58. The minimum Gasteiger partial charge on any atom is -0.424 e. The van der Waals surface area contributed by atoms with Gasteiger partial charge >= 0.3 is 11.7 Å². The molecule has 100 valence electrons. The number of esters is 1. The van der Waals surface area contributed by atoms with Crippen LogP contribution in [0.25, 0.3) is 0 Å². The first-order chi connectivity index (χ1) is 8.11. The van der Waals surface area contributed by atoms with Gasteiger partial charge in [-0.1, -0.05) is 0 Å². The molecule has 0 aromatic rings. The molecule has 0 aliphatic heterocycles. The van der Waals surface area contributed by atoms with Crippen LogP contribution >= 0.6 is 0 Å². The molecule has 0 unspecified atom stereocenters. The SMILES string of the molecule is CC(=O)OC(NC(=O)CC(N)=O)(C(C)=O)C(C)=O. The second kappa shape index (κ2) is 5.89. The van der Waals surface area contributed by atoms with Gasteiger partial charge in [0.25, 0.3) is 0 Å². The van der Waals surface area contributed by atoms with Crippen LogP contribution in [-0.4, -0.2) is 35.1 Å². The van der Waals surface area contributed by atoms with Crippen LogP contribution in [0.1, 0.15) is 27.2 Å². The number of hydrogen-bond donors (Lipinski definition) is 2. The maximum absolute atomic E-state index is 11.4. The summed E-state index contributed by atoms with van der Waals surface area (Å²) < 4.78 is 4.59. The molecule has 0 aliphatic carbocycles. The van der Waals surface area contributed by atoms with Crippen molar-refractivity contribution < 1.29 is 28.7 Å². The number of ether oxygens (including phenoxy) is 1. The lowest BCUT2D eigenvalue weighted by Gasteiger charge is -2.28. The zero-order chi connectivity index (χ0) is 14.5. The third-order valence-corrected chi connectivity index (χ3v) is 1.94. The van der Waals surface area contributed by atoms with Crippen molar-refractivity contribution in [2.75, 3.05) is 0 Å². The highest BCUT2D eigenvalue weighted by Gasteiger charge is 2.45. The van der Waals surface area contributed by atoms with E-state index in [-0.39, 0.29) is 0 Å². The van der Waals surface area contributed by atoms with Crippen molar-refractivity contribution in [3.05, 3.63) is 0 Å². The van der Waals surface area contributed by atoms with E-state index in [1.807, 2.05) is 5.32 Å². The lowest BCUT2D eigenvalue weighted by atomic mass is 10.0. The molecule has 0 saturated heterocycles. The fraction of sp³-hybridized carbons (Fsp3) is 0.500. The molecule has 3 N–H and O–H groups in total. The van der Waals surface area contributed by atoms with Crippen LogP contribution in [0.15, 0.2) is 0 Å². The average Bonchev–Trinajstić information content (AvgIpc) is 2.13. The highest BCUT2D eigenvalue weighted by atomic mass is 16.6. The number of hydrogen-bond acceptors (Lipinski definition) is 6. The van der Waals surface area contributed by atoms with Crippen molar-refractivity contribution >= 4 is 29.4 Å². The van der Waals surface area contributed by atoms with E-state index in [0.29, 0.717) is 0 Å². The van der Waals surface area contributed by atoms with Crippen molar-refractivity contribution in [2.24, 2.45) is 5.73 Å². The highest BCUT2D eigenvalue weighted by Crippen LogP contribution is 2.12. The van der Waals surface area contributed by atoms with Crippen molar-refractivity contribution in [3.63, 3.8) is 0 Å². The first-order valence-corrected chi connectivity index (χ1v) is 4.92. The molecule has 8 nitrogen and oxygen atoms in total. The van der Waals surface area contributed by atoms with E-state index in [2.05, 4.69) is 4.74 Å². The lowest BCUT2D eigenvalue weighted by Crippen LogP contribution is -2.61. The molecule has 0 radical (unpaired) electrons. The van der Waals surface area contributed by atoms with Crippen LogP contribution in [0.2, 0.25) is 0 Å². The van der Waals surface area contributed by atoms with E-state index < -0.39 is 41.5 Å². The van der Waals surface area contributed by atoms with Gasteiger partial charge in [-0.15, -0.1) is 0 Å². The Bertz CT molecular complexity index is 401. The maximum Gasteiger partial charge on any atom is 0.305 e. The summed E-state index contributed by atoms with van der Waals surface area (Å²) in [4.78, 5) is 55.7. The monoisotopic (exact) mass is 258 g/mol. The average molecular weight is 258 g/mol. The van der Waals surface area contributed by atoms with Gasteiger partial charge in [0, 0.05) is 20.8 Å². The molecule has 0 saturated carbocycles. The normalized spacial score (nSPS) is 10.4. The Hall–Kier alpha value is -2.25. The number of nitrogens with one attached hydrogen (secondary N) is 1. The van der Waals surface area contributed by atoms with Crippen molar-refractivity contribution in [3.8, 4) is 0 Å². The first kappa shape index (κ1) is 15.8. The lowest BCUT2D eigenvalue weighted by molar-refractivity contribution is -0.176. The Morgan fingerprint density at radius 3 is 1.78 bits per heavy atom. The van der Waals surface area contributed by atoms with Gasteiger partial charge < -0.3 is 15.8 Å². The standard InChI is InChI=1S/C10H14N2O6/c1-5(13)10(6(2)14,18-7(3)15)12-9(17)4-8(11)16/h4H2,1-3H3,(H2,11,16)(H,12,17). The zero-order valence-electron chi connectivity index (χ0n) is 10.2. The molecule has 2 amide bonds. The fourth-order valence-corrected chi connectivity index (χ4v) is 1.21. The molecular weight excluding hydrogens is 244 g/mol. The molecule has 0 aromatic carbocycles. The number of rotatable bonds is 6. The first-order valence-electron chi connectivity index (χ1n) is 4.92. The molecule has 0 rings (SSSR count). The molecule has 0 fully saturated rings. The van der Waals surface area contributed by atoms with E-state index >= 15 is 0 Å². The van der Waals surface area contributed by atoms with Crippen LogP contribution < -0.4 is 11.1 Å². The number of nitrogens with two attached hydrogens (primary N) is 1. The summed E-state index contributed by atoms with van der Waals surface area (Å²) in [5, 5.41) is 1.91. The predicted molar refractivity (Wildman–Crippen MR) is 57.8 cm³/mol. The van der Waals surface area contributed by atoms with E-state index in [1.54, 1.807) is 0 Å². The second-order valence-electron chi connectivity index (χ2n) is 3.58. The number of amides is 2. The number of carbonyl (C=O) groups excluding carboxylic acids is 5. The van der Waals surface area contributed by atoms with Gasteiger partial charge in [-0.3, -0.25) is 24.0 Å². The quantitative estimate of drug-likeness (QED) is 0.335. The minimum atomic E-state index is -2.40. The van der Waals surface area contributed by atoms with Crippen LogP contribution in [0.5, 0.6) is 0 Å². The number of ketones is 2. The van der Waals surface area contributed by atoms with Gasteiger partial charge in [-0.2, -0.15) is 0 Å². The van der Waals surface area contributed by atoms with Gasteiger partial charge in [-0.25, -0.2) is 0 Å². The van der Waals surface area contributed by atoms with Gasteiger partial charge in [0.15, 0.2) is 0 Å². The Kier molecular flexibility index (Phi) is 5.16. The summed E-state index contributed by atoms with van der Waals surface area (Å²) in [7, 11) is 0. The van der Waals surface area contributed by atoms with Crippen molar-refractivity contribution in [2.45, 2.75) is 32.9 Å². The predicted octanol–water partition coefficient (Wildman–Crippen LogP) is -1.58. The van der Waals surface area contributed by atoms with Crippen LogP contribution in [-0.2, 0) is 28.7 Å². The van der Waals surface area contributed by atoms with E-state index in [9.17, 15) is 24.0 Å². The largest absolute Gasteiger partial charge is 0.424 e. The smallest absolute Gasteiger partial charge is 0.305 e. The van der Waals surface area contributed by atoms with Crippen molar-refractivity contribution in [1.29, 1.82) is 0 Å². The summed E-state index contributed by atoms with van der Waals surface area (Å²) in [5.41, 5.74) is 2.38. The topological polar surface area (TPSA) is 133 Å². The molecule has 0 spiro atoms. The maximum atomic E-state index is 11.4. The molecule has 0 aliphatic rings. The summed E-state index contributed by atoms with van der Waals surface area (Å²) in [6.45, 7) is 2.91. The minimum absolute atomic E-state index is 0.733. The Labute approximate surface area is 103 Å². The van der Waals surface area contributed by atoms with Gasteiger partial charge in [0.05, 0.1) is 0 Å². The Morgan fingerprint density at radius 2 is 1.50 bits per heavy atom. The van der Waals surface area contributed by atoms with Crippen LogP contribution in [0.4, 0.5) is 0 Å². The molecule has 0 bridgehead atoms. The van der Waals surface area contributed by atoms with Gasteiger partial charge in [0.2, 0.25) is 23.4 Å². The molecule has 0 atom stereocenters. The third-order valence-electron chi connectivity index (χ3n) is 1.94. The molecule has 0 aromatic heterocycles. The fourth-order valence-electron chi connectivity index (χ4n) is 1.21. The van der Waals surface area contributed by atoms with E-state index in [1.165, 1.54) is 0 Å². The molecule has 8 heteroatoms. The summed E-state index contributed by atoms with van der Waals surface area (Å²) in [6, 6.07) is 0. The molecular formula is C10H14N2O6. The molecule has 18 heavy (non-hydrogen) atoms. The molecule has 0 heterocycles. The van der Waals surface area contributed by atoms with Gasteiger partial charge in [0.1, 0.15) is 6.42 Å². The van der Waals surface area contributed by atoms with E-state index in [0.717, 1.165) is 20.8 Å². The summed E-state index contributed by atoms with van der Waals surface area (Å²) in [5.74, 6) is -4.64. The third kappa shape index (κ3) is 3.96. The van der Waals surface area contributed by atoms with Crippen LogP contribution in [0, 0.1) is 0 Å². The zero-order valence-corrected chi connectivity index (χ0v) is 10.2.